The SMILES string of the molecule is CCOc1ccc(C(=O)NC[C@@H](c2ccc3c(c2)CCCN3C)N2CCCCC2)cc1. The molecule has 2 aliphatic heterocycles. The van der Waals surface area contributed by atoms with Gasteiger partial charge in [0.05, 0.1) is 12.6 Å². The Morgan fingerprint density at radius 3 is 2.55 bits per heavy atom. The highest BCUT2D eigenvalue weighted by Crippen LogP contribution is 2.31. The minimum atomic E-state index is -0.0252. The van der Waals surface area contributed by atoms with E-state index >= 15 is 0 Å². The van der Waals surface area contributed by atoms with Crippen LogP contribution in [0.15, 0.2) is 42.5 Å². The average molecular weight is 422 g/mol. The molecule has 2 aliphatic rings. The number of carbonyl (C=O) groups is 1. The van der Waals surface area contributed by atoms with E-state index in [2.05, 4.69) is 40.4 Å². The van der Waals surface area contributed by atoms with Crippen LogP contribution in [0.5, 0.6) is 5.75 Å². The maximum Gasteiger partial charge on any atom is 0.251 e. The molecule has 1 fully saturated rings. The Labute approximate surface area is 186 Å². The second-order valence-electron chi connectivity index (χ2n) is 8.69. The molecule has 0 bridgehead atoms. The monoisotopic (exact) mass is 421 g/mol. The summed E-state index contributed by atoms with van der Waals surface area (Å²) in [4.78, 5) is 17.7. The maximum atomic E-state index is 12.8. The summed E-state index contributed by atoms with van der Waals surface area (Å²) in [5, 5.41) is 3.20. The van der Waals surface area contributed by atoms with Gasteiger partial charge >= 0.3 is 0 Å². The summed E-state index contributed by atoms with van der Waals surface area (Å²) in [6.45, 7) is 6.53. The molecule has 0 aliphatic carbocycles. The van der Waals surface area contributed by atoms with E-state index in [1.54, 1.807) is 0 Å². The number of piperidine rings is 1. The van der Waals surface area contributed by atoms with Gasteiger partial charge in [0.25, 0.3) is 5.91 Å². The lowest BCUT2D eigenvalue weighted by Crippen LogP contribution is -2.40. The van der Waals surface area contributed by atoms with E-state index in [0.29, 0.717) is 18.7 Å². The van der Waals surface area contributed by atoms with Gasteiger partial charge in [0.15, 0.2) is 0 Å². The van der Waals surface area contributed by atoms with Gasteiger partial charge in [-0.1, -0.05) is 18.6 Å². The van der Waals surface area contributed by atoms with Gasteiger partial charge in [-0.2, -0.15) is 0 Å². The average Bonchev–Trinajstić information content (AvgIpc) is 2.80. The third kappa shape index (κ3) is 5.21. The zero-order valence-electron chi connectivity index (χ0n) is 18.9. The molecular formula is C26H35N3O2. The molecule has 2 heterocycles. The largest absolute Gasteiger partial charge is 0.494 e. The van der Waals surface area contributed by atoms with Crippen molar-refractivity contribution in [3.8, 4) is 5.75 Å². The molecule has 1 N–H and O–H groups in total. The Balaban J connectivity index is 1.50. The van der Waals surface area contributed by atoms with Crippen LogP contribution >= 0.6 is 0 Å². The third-order valence-electron chi connectivity index (χ3n) is 6.55. The van der Waals surface area contributed by atoms with E-state index in [1.165, 1.54) is 42.5 Å². The van der Waals surface area contributed by atoms with Gasteiger partial charge in [-0.15, -0.1) is 0 Å². The van der Waals surface area contributed by atoms with E-state index < -0.39 is 0 Å². The van der Waals surface area contributed by atoms with Crippen molar-refractivity contribution in [3.05, 3.63) is 59.2 Å². The molecule has 1 atom stereocenters. The highest BCUT2D eigenvalue weighted by Gasteiger charge is 2.25. The van der Waals surface area contributed by atoms with Gasteiger partial charge in [-0.05, 0) is 87.2 Å². The first-order chi connectivity index (χ1) is 15.2. The fourth-order valence-corrected chi connectivity index (χ4v) is 4.86. The Kier molecular flexibility index (Phi) is 7.13. The molecule has 4 rings (SSSR count). The number of ether oxygens (including phenoxy) is 1. The Hall–Kier alpha value is -2.53. The van der Waals surface area contributed by atoms with Gasteiger partial charge < -0.3 is 15.0 Å². The number of benzene rings is 2. The second-order valence-corrected chi connectivity index (χ2v) is 8.69. The first-order valence-corrected chi connectivity index (χ1v) is 11.7. The van der Waals surface area contributed by atoms with Crippen molar-refractivity contribution in [1.29, 1.82) is 0 Å². The zero-order valence-corrected chi connectivity index (χ0v) is 18.9. The van der Waals surface area contributed by atoms with E-state index in [-0.39, 0.29) is 11.9 Å². The number of fused-ring (bicyclic) bond motifs is 1. The smallest absolute Gasteiger partial charge is 0.251 e. The molecule has 0 saturated carbocycles. The predicted molar refractivity (Wildman–Crippen MR) is 126 cm³/mol. The molecule has 0 spiro atoms. The van der Waals surface area contributed by atoms with Crippen molar-refractivity contribution in [1.82, 2.24) is 10.2 Å². The third-order valence-corrected chi connectivity index (χ3v) is 6.55. The summed E-state index contributed by atoms with van der Waals surface area (Å²) in [6, 6.07) is 14.5. The van der Waals surface area contributed by atoms with E-state index in [9.17, 15) is 4.79 Å². The molecule has 0 unspecified atom stereocenters. The summed E-state index contributed by atoms with van der Waals surface area (Å²) in [7, 11) is 2.18. The van der Waals surface area contributed by atoms with E-state index in [0.717, 1.165) is 31.8 Å². The number of nitrogens with zero attached hydrogens (tertiary/aromatic N) is 2. The molecule has 31 heavy (non-hydrogen) atoms. The van der Waals surface area contributed by atoms with Gasteiger partial charge in [0.2, 0.25) is 0 Å². The quantitative estimate of drug-likeness (QED) is 0.719. The second kappa shape index (κ2) is 10.2. The number of anilines is 1. The minimum Gasteiger partial charge on any atom is -0.494 e. The lowest BCUT2D eigenvalue weighted by Gasteiger charge is -2.36. The van der Waals surface area contributed by atoms with Crippen LogP contribution in [0.2, 0.25) is 0 Å². The molecule has 5 nitrogen and oxygen atoms in total. The van der Waals surface area contributed by atoms with Crippen molar-refractivity contribution >= 4 is 11.6 Å². The topological polar surface area (TPSA) is 44.8 Å². The van der Waals surface area contributed by atoms with Crippen molar-refractivity contribution in [2.75, 3.05) is 44.7 Å². The molecule has 5 heteroatoms. The molecular weight excluding hydrogens is 386 g/mol. The van der Waals surface area contributed by atoms with Crippen molar-refractivity contribution in [3.63, 3.8) is 0 Å². The molecule has 2 aromatic carbocycles. The predicted octanol–water partition coefficient (Wildman–Crippen LogP) is 4.42. The van der Waals surface area contributed by atoms with Crippen LogP contribution in [-0.4, -0.2) is 50.6 Å². The fraction of sp³-hybridized carbons (Fsp3) is 0.500. The van der Waals surface area contributed by atoms with Crippen LogP contribution < -0.4 is 15.0 Å². The molecule has 0 aromatic heterocycles. The minimum absolute atomic E-state index is 0.0252. The van der Waals surface area contributed by atoms with Gasteiger partial charge in [0, 0.05) is 31.4 Å². The van der Waals surface area contributed by atoms with Crippen LogP contribution in [0.25, 0.3) is 0 Å². The van der Waals surface area contributed by atoms with E-state index in [4.69, 9.17) is 4.74 Å². The lowest BCUT2D eigenvalue weighted by atomic mass is 9.95. The molecule has 166 valence electrons. The van der Waals surface area contributed by atoms with Gasteiger partial charge in [-0.25, -0.2) is 0 Å². The number of rotatable bonds is 7. The Morgan fingerprint density at radius 2 is 1.81 bits per heavy atom. The van der Waals surface area contributed by atoms with Crippen LogP contribution in [0, 0.1) is 0 Å². The number of amides is 1. The van der Waals surface area contributed by atoms with Gasteiger partial charge in [0.1, 0.15) is 5.75 Å². The normalized spacial score (nSPS) is 17.7. The molecule has 1 amide bonds. The van der Waals surface area contributed by atoms with Crippen LogP contribution in [0.1, 0.15) is 60.1 Å². The number of hydrogen-bond acceptors (Lipinski definition) is 4. The van der Waals surface area contributed by atoms with Crippen molar-refractivity contribution in [2.24, 2.45) is 0 Å². The number of aryl methyl sites for hydroxylation is 1. The first kappa shape index (κ1) is 21.7. The number of likely N-dealkylation sites (tertiary alicyclic amines) is 1. The van der Waals surface area contributed by atoms with Crippen molar-refractivity contribution < 1.29 is 9.53 Å². The molecule has 2 aromatic rings. The van der Waals surface area contributed by atoms with Crippen LogP contribution in [-0.2, 0) is 6.42 Å². The maximum absolute atomic E-state index is 12.8. The lowest BCUT2D eigenvalue weighted by molar-refractivity contribution is 0.0924. The zero-order chi connectivity index (χ0) is 21.6. The Bertz CT molecular complexity index is 875. The van der Waals surface area contributed by atoms with E-state index in [1.807, 2.05) is 31.2 Å². The molecule has 1 saturated heterocycles. The number of hydrogen-bond donors (Lipinski definition) is 1. The summed E-state index contributed by atoms with van der Waals surface area (Å²) >= 11 is 0. The summed E-state index contributed by atoms with van der Waals surface area (Å²) in [5.74, 6) is 0.770. The standard InChI is InChI=1S/C26H35N3O2/c1-3-31-23-12-9-20(10-13-23)26(30)27-19-25(29-16-5-4-6-17-29)22-11-14-24-21(18-22)8-7-15-28(24)2/h9-14,18,25H,3-8,15-17,19H2,1-2H3,(H,27,30)/t25-/m0/s1. The van der Waals surface area contributed by atoms with Crippen LogP contribution in [0.3, 0.4) is 0 Å². The summed E-state index contributed by atoms with van der Waals surface area (Å²) in [5.41, 5.74) is 4.78. The van der Waals surface area contributed by atoms with Crippen LogP contribution in [0.4, 0.5) is 5.69 Å². The highest BCUT2D eigenvalue weighted by molar-refractivity contribution is 5.94. The number of carbonyl (C=O) groups excluding carboxylic acids is 1. The fourth-order valence-electron chi connectivity index (χ4n) is 4.86. The highest BCUT2D eigenvalue weighted by atomic mass is 16.5. The summed E-state index contributed by atoms with van der Waals surface area (Å²) < 4.78 is 5.49. The molecule has 0 radical (unpaired) electrons. The number of nitrogens with one attached hydrogen (secondary N) is 1. The summed E-state index contributed by atoms with van der Waals surface area (Å²) in [6.07, 6.45) is 6.11. The Morgan fingerprint density at radius 1 is 1.03 bits per heavy atom. The van der Waals surface area contributed by atoms with Gasteiger partial charge in [-0.3, -0.25) is 9.69 Å². The van der Waals surface area contributed by atoms with Crippen molar-refractivity contribution in [2.45, 2.75) is 45.1 Å². The first-order valence-electron chi connectivity index (χ1n) is 11.7.